The van der Waals surface area contributed by atoms with Gasteiger partial charge in [0.25, 0.3) is 0 Å². The fraction of sp³-hybridized carbons (Fsp3) is 0.676. The fourth-order valence-electron chi connectivity index (χ4n) is 8.24. The average molecular weight is 536 g/mol. The molecule has 5 heteroatoms. The fourth-order valence-corrected chi connectivity index (χ4v) is 8.24. The van der Waals surface area contributed by atoms with Crippen molar-refractivity contribution in [3.63, 3.8) is 0 Å². The number of aliphatic hydroxyl groups excluding tert-OH is 3. The van der Waals surface area contributed by atoms with Gasteiger partial charge in [-0.3, -0.25) is 0 Å². The molecule has 4 aliphatic carbocycles. The van der Waals surface area contributed by atoms with Gasteiger partial charge in [0.1, 0.15) is 6.26 Å². The van der Waals surface area contributed by atoms with Gasteiger partial charge in [-0.25, -0.2) is 4.98 Å². The molecule has 6 atom stereocenters. The predicted octanol–water partition coefficient (Wildman–Crippen LogP) is 6.74. The Kier molecular flexibility index (Phi) is 7.91. The van der Waals surface area contributed by atoms with E-state index < -0.39 is 18.3 Å². The van der Waals surface area contributed by atoms with Gasteiger partial charge in [-0.1, -0.05) is 70.6 Å². The van der Waals surface area contributed by atoms with Crippen molar-refractivity contribution in [3.8, 4) is 0 Å². The number of aliphatic hydroxyl groups is 3. The van der Waals surface area contributed by atoms with Crippen LogP contribution < -0.4 is 0 Å². The van der Waals surface area contributed by atoms with E-state index in [2.05, 4.69) is 52.5 Å². The number of aromatic nitrogens is 1. The highest BCUT2D eigenvalue weighted by molar-refractivity contribution is 5.39. The van der Waals surface area contributed by atoms with Gasteiger partial charge >= 0.3 is 0 Å². The van der Waals surface area contributed by atoms with Crippen LogP contribution in [0, 0.1) is 22.7 Å². The lowest BCUT2D eigenvalue weighted by Gasteiger charge is -2.47. The van der Waals surface area contributed by atoms with E-state index in [0.29, 0.717) is 30.6 Å². The molecule has 5 nitrogen and oxygen atoms in total. The van der Waals surface area contributed by atoms with E-state index in [-0.39, 0.29) is 16.2 Å². The molecule has 4 saturated carbocycles. The summed E-state index contributed by atoms with van der Waals surface area (Å²) in [6, 6.07) is 0. The van der Waals surface area contributed by atoms with Gasteiger partial charge in [0.15, 0.2) is 0 Å². The average Bonchev–Trinajstić information content (AvgIpc) is 3.41. The van der Waals surface area contributed by atoms with Crippen LogP contribution in [-0.2, 0) is 11.8 Å². The Bertz CT molecular complexity index is 1150. The first-order chi connectivity index (χ1) is 18.5. The highest BCUT2D eigenvalue weighted by Crippen LogP contribution is 2.62. The lowest BCUT2D eigenvalue weighted by molar-refractivity contribution is 0.0705. The van der Waals surface area contributed by atoms with Gasteiger partial charge in [0.2, 0.25) is 5.89 Å². The summed E-state index contributed by atoms with van der Waals surface area (Å²) >= 11 is 0. The van der Waals surface area contributed by atoms with Crippen LogP contribution in [0.3, 0.4) is 0 Å². The van der Waals surface area contributed by atoms with Gasteiger partial charge in [-0.05, 0) is 91.6 Å². The number of hydrogen-bond acceptors (Lipinski definition) is 5. The zero-order chi connectivity index (χ0) is 28.0. The molecule has 4 aliphatic rings. The largest absolute Gasteiger partial charge is 0.448 e. The van der Waals surface area contributed by atoms with Crippen LogP contribution in [0.5, 0.6) is 0 Å². The van der Waals surface area contributed by atoms with Crippen molar-refractivity contribution in [2.24, 2.45) is 22.7 Å². The van der Waals surface area contributed by atoms with Crippen LogP contribution in [0.15, 0.2) is 58.3 Å². The van der Waals surface area contributed by atoms with Gasteiger partial charge in [-0.2, -0.15) is 0 Å². The summed E-state index contributed by atoms with van der Waals surface area (Å²) in [4.78, 5) is 4.71. The Morgan fingerprint density at radius 2 is 1.97 bits per heavy atom. The third-order valence-electron chi connectivity index (χ3n) is 10.7. The van der Waals surface area contributed by atoms with Gasteiger partial charge in [-0.15, -0.1) is 0 Å². The van der Waals surface area contributed by atoms with E-state index >= 15 is 0 Å². The second-order valence-corrected chi connectivity index (χ2v) is 13.8. The topological polar surface area (TPSA) is 86.7 Å². The van der Waals surface area contributed by atoms with E-state index in [1.54, 1.807) is 6.26 Å². The molecule has 1 aromatic rings. The first-order valence-electron chi connectivity index (χ1n) is 15.3. The molecule has 0 amide bonds. The minimum Gasteiger partial charge on any atom is -0.448 e. The highest BCUT2D eigenvalue weighted by atomic mass is 16.3. The smallest absolute Gasteiger partial charge is 0.203 e. The van der Waals surface area contributed by atoms with Crippen LogP contribution in [0.1, 0.15) is 103 Å². The van der Waals surface area contributed by atoms with Crippen LogP contribution in [0.25, 0.3) is 0 Å². The maximum Gasteiger partial charge on any atom is 0.203 e. The number of hydrogen-bond donors (Lipinski definition) is 3. The maximum absolute atomic E-state index is 11.3. The molecule has 1 heterocycles. The molecule has 0 saturated heterocycles. The zero-order valence-electron chi connectivity index (χ0n) is 24.5. The van der Waals surface area contributed by atoms with E-state index in [1.165, 1.54) is 31.3 Å². The van der Waals surface area contributed by atoms with Crippen molar-refractivity contribution >= 4 is 0 Å². The summed E-state index contributed by atoms with van der Waals surface area (Å²) in [6.45, 7) is 13.4. The van der Waals surface area contributed by atoms with Crippen LogP contribution in [-0.4, -0.2) is 38.6 Å². The Labute approximate surface area is 234 Å². The quantitative estimate of drug-likeness (QED) is 0.321. The third-order valence-corrected chi connectivity index (χ3v) is 10.7. The maximum atomic E-state index is 11.3. The number of nitrogens with zero attached hydrogens (tertiary/aromatic N) is 1. The molecule has 0 radical (unpaired) electrons. The Morgan fingerprint density at radius 3 is 2.69 bits per heavy atom. The molecule has 214 valence electrons. The van der Waals surface area contributed by atoms with Crippen LogP contribution in [0.2, 0.25) is 0 Å². The first-order valence-corrected chi connectivity index (χ1v) is 15.3. The number of oxazole rings is 1. The molecular formula is C34H49NO4. The van der Waals surface area contributed by atoms with E-state index in [4.69, 9.17) is 9.40 Å². The third kappa shape index (κ3) is 5.39. The number of rotatable bonds is 8. The highest BCUT2D eigenvalue weighted by Gasteiger charge is 2.55. The van der Waals surface area contributed by atoms with Crippen LogP contribution in [0.4, 0.5) is 0 Å². The SMILES string of the molecule is C=C1/C(=C\C=C2/CCC[C@]3(C)[C@@H](C(C)(C)/C=C/C(O)C4(c5nc(CCC)co5)CC4)CC[C@@H]23)CC(O)C[C@@H]1O. The summed E-state index contributed by atoms with van der Waals surface area (Å²) in [5.74, 6) is 1.76. The van der Waals surface area contributed by atoms with E-state index in [9.17, 15) is 15.3 Å². The first kappa shape index (κ1) is 28.6. The monoisotopic (exact) mass is 535 g/mol. The van der Waals surface area contributed by atoms with Gasteiger partial charge < -0.3 is 19.7 Å². The Balaban J connectivity index is 1.31. The predicted molar refractivity (Wildman–Crippen MR) is 155 cm³/mol. The minimum atomic E-state index is -0.648. The van der Waals surface area contributed by atoms with Gasteiger partial charge in [0.05, 0.1) is 29.4 Å². The van der Waals surface area contributed by atoms with Crippen molar-refractivity contribution < 1.29 is 19.7 Å². The minimum absolute atomic E-state index is 0.0443. The van der Waals surface area contributed by atoms with Gasteiger partial charge in [0, 0.05) is 6.42 Å². The van der Waals surface area contributed by atoms with Crippen molar-refractivity contribution in [2.45, 2.75) is 122 Å². The summed E-state index contributed by atoms with van der Waals surface area (Å²) in [7, 11) is 0. The summed E-state index contributed by atoms with van der Waals surface area (Å²) in [5.41, 5.74) is 4.02. The van der Waals surface area contributed by atoms with Crippen molar-refractivity contribution in [2.75, 3.05) is 0 Å². The molecule has 0 aromatic carbocycles. The molecule has 2 unspecified atom stereocenters. The number of fused-ring (bicyclic) bond motifs is 1. The van der Waals surface area contributed by atoms with E-state index in [1.807, 2.05) is 6.08 Å². The Morgan fingerprint density at radius 1 is 1.21 bits per heavy atom. The zero-order valence-corrected chi connectivity index (χ0v) is 24.5. The molecule has 0 bridgehead atoms. The molecule has 0 aliphatic heterocycles. The molecule has 5 rings (SSSR count). The Hall–Kier alpha value is -1.95. The number of allylic oxidation sites excluding steroid dienone is 4. The lowest BCUT2D eigenvalue weighted by atomic mass is 9.57. The second-order valence-electron chi connectivity index (χ2n) is 13.8. The second kappa shape index (κ2) is 10.8. The summed E-state index contributed by atoms with van der Waals surface area (Å²) in [5, 5.41) is 31.7. The number of aryl methyl sites for hydroxylation is 1. The molecule has 3 N–H and O–H groups in total. The molecule has 39 heavy (non-hydrogen) atoms. The van der Waals surface area contributed by atoms with Crippen molar-refractivity contribution in [1.29, 1.82) is 0 Å². The molecule has 4 fully saturated rings. The molecule has 1 aromatic heterocycles. The van der Waals surface area contributed by atoms with Crippen molar-refractivity contribution in [1.82, 2.24) is 4.98 Å². The lowest BCUT2D eigenvalue weighted by Crippen LogP contribution is -2.39. The normalized spacial score (nSPS) is 35.6. The van der Waals surface area contributed by atoms with Crippen molar-refractivity contribution in [3.05, 3.63) is 65.5 Å². The standard InChI is InChI=1S/C34H49NO4/c1-6-8-25-21-39-31(35-25)34(17-18-34)30(38)14-16-32(3,4)29-13-12-27-23(9-7-15-33(27,29)5)10-11-24-19-26(36)20-28(37)22(24)2/h10-11,14,16,21,26-30,36-38H,2,6-9,12-13,15,17-20H2,1,3-5H3/b16-14+,23-10+,24-11-/t26?,27-,28-,29+,30?,33-/m0/s1. The summed E-state index contributed by atoms with van der Waals surface area (Å²) < 4.78 is 5.83. The van der Waals surface area contributed by atoms with Crippen LogP contribution >= 0.6 is 0 Å². The molecule has 0 spiro atoms. The molecular weight excluding hydrogens is 486 g/mol. The summed E-state index contributed by atoms with van der Waals surface area (Å²) in [6.07, 6.45) is 19.3. The van der Waals surface area contributed by atoms with E-state index in [0.717, 1.165) is 48.9 Å².